The standard InChI is InChI=1S/C11H19N3/c1-3-9-8-14-7-5-6-12-10(4-2)11(14)13-9/h8,10,12H,3-7H2,1-2H3/t10-/m1/s1. The molecule has 14 heavy (non-hydrogen) atoms. The highest BCUT2D eigenvalue weighted by Gasteiger charge is 2.18. The Hall–Kier alpha value is -0.830. The monoisotopic (exact) mass is 193 g/mol. The van der Waals surface area contributed by atoms with E-state index in [9.17, 15) is 0 Å². The molecule has 0 aliphatic carbocycles. The maximum Gasteiger partial charge on any atom is 0.126 e. The highest BCUT2D eigenvalue weighted by Crippen LogP contribution is 2.19. The first-order valence-electron chi connectivity index (χ1n) is 5.64. The summed E-state index contributed by atoms with van der Waals surface area (Å²) in [6.45, 7) is 6.61. The van der Waals surface area contributed by atoms with E-state index >= 15 is 0 Å². The van der Waals surface area contributed by atoms with Crippen LogP contribution in [0.25, 0.3) is 0 Å². The van der Waals surface area contributed by atoms with E-state index in [0.717, 1.165) is 25.9 Å². The van der Waals surface area contributed by atoms with Gasteiger partial charge >= 0.3 is 0 Å². The lowest BCUT2D eigenvalue weighted by atomic mass is 10.2. The average Bonchev–Trinajstić information content (AvgIpc) is 2.53. The normalized spacial score (nSPS) is 21.7. The quantitative estimate of drug-likeness (QED) is 0.777. The minimum atomic E-state index is 0.456. The second-order valence-corrected chi connectivity index (χ2v) is 3.91. The molecule has 0 bridgehead atoms. The zero-order valence-corrected chi connectivity index (χ0v) is 9.08. The van der Waals surface area contributed by atoms with Crippen molar-refractivity contribution in [1.29, 1.82) is 0 Å². The first kappa shape index (κ1) is 9.71. The van der Waals surface area contributed by atoms with Crippen molar-refractivity contribution in [3.63, 3.8) is 0 Å². The Balaban J connectivity index is 2.32. The van der Waals surface area contributed by atoms with Gasteiger partial charge in [0.05, 0.1) is 11.7 Å². The third-order valence-corrected chi connectivity index (χ3v) is 2.91. The first-order valence-corrected chi connectivity index (χ1v) is 5.64. The maximum atomic E-state index is 4.68. The van der Waals surface area contributed by atoms with Crippen LogP contribution in [0.2, 0.25) is 0 Å². The lowest BCUT2D eigenvalue weighted by molar-refractivity contribution is 0.513. The summed E-state index contributed by atoms with van der Waals surface area (Å²) in [6.07, 6.45) is 5.59. The largest absolute Gasteiger partial charge is 0.333 e. The first-order chi connectivity index (χ1) is 6.85. The van der Waals surface area contributed by atoms with Gasteiger partial charge in [-0.15, -0.1) is 0 Å². The molecule has 1 aliphatic heterocycles. The highest BCUT2D eigenvalue weighted by molar-refractivity contribution is 5.08. The zero-order chi connectivity index (χ0) is 9.97. The van der Waals surface area contributed by atoms with E-state index < -0.39 is 0 Å². The molecule has 1 aromatic heterocycles. The van der Waals surface area contributed by atoms with Crippen molar-refractivity contribution in [2.24, 2.45) is 0 Å². The van der Waals surface area contributed by atoms with Crippen LogP contribution >= 0.6 is 0 Å². The Morgan fingerprint density at radius 3 is 3.14 bits per heavy atom. The van der Waals surface area contributed by atoms with Crippen LogP contribution in [0.1, 0.15) is 44.2 Å². The average molecular weight is 193 g/mol. The van der Waals surface area contributed by atoms with Crippen molar-refractivity contribution in [1.82, 2.24) is 14.9 Å². The number of aromatic nitrogens is 2. The van der Waals surface area contributed by atoms with Crippen molar-refractivity contribution in [2.45, 2.75) is 45.7 Å². The van der Waals surface area contributed by atoms with Crippen molar-refractivity contribution in [3.8, 4) is 0 Å². The van der Waals surface area contributed by atoms with Gasteiger partial charge in [0.1, 0.15) is 5.82 Å². The van der Waals surface area contributed by atoms with E-state index in [4.69, 9.17) is 0 Å². The fourth-order valence-electron chi connectivity index (χ4n) is 2.06. The van der Waals surface area contributed by atoms with Crippen LogP contribution in [0.15, 0.2) is 6.20 Å². The van der Waals surface area contributed by atoms with E-state index in [1.54, 1.807) is 0 Å². The summed E-state index contributed by atoms with van der Waals surface area (Å²) in [6, 6.07) is 0.456. The zero-order valence-electron chi connectivity index (χ0n) is 9.08. The van der Waals surface area contributed by atoms with Crippen LogP contribution in [-0.2, 0) is 13.0 Å². The van der Waals surface area contributed by atoms with Crippen LogP contribution in [0.3, 0.4) is 0 Å². The van der Waals surface area contributed by atoms with Crippen LogP contribution in [0, 0.1) is 0 Å². The van der Waals surface area contributed by atoms with Gasteiger partial charge in [-0.05, 0) is 25.8 Å². The van der Waals surface area contributed by atoms with Gasteiger partial charge in [0, 0.05) is 12.7 Å². The predicted octanol–water partition coefficient (Wildman–Crippen LogP) is 1.89. The van der Waals surface area contributed by atoms with Gasteiger partial charge < -0.3 is 9.88 Å². The van der Waals surface area contributed by atoms with Gasteiger partial charge in [-0.2, -0.15) is 0 Å². The number of aryl methyl sites for hydroxylation is 2. The minimum absolute atomic E-state index is 0.456. The SMILES string of the molecule is CCc1cn2c(n1)[C@@H](CC)NCCC2. The lowest BCUT2D eigenvalue weighted by Gasteiger charge is -2.12. The fraction of sp³-hybridized carbons (Fsp3) is 0.727. The van der Waals surface area contributed by atoms with E-state index in [2.05, 4.69) is 34.9 Å². The summed E-state index contributed by atoms with van der Waals surface area (Å²) < 4.78 is 2.33. The molecule has 0 amide bonds. The summed E-state index contributed by atoms with van der Waals surface area (Å²) in [5.74, 6) is 1.24. The summed E-state index contributed by atoms with van der Waals surface area (Å²) in [5.41, 5.74) is 1.22. The number of rotatable bonds is 2. The van der Waals surface area contributed by atoms with Gasteiger partial charge in [0.15, 0.2) is 0 Å². The van der Waals surface area contributed by atoms with Crippen molar-refractivity contribution >= 4 is 0 Å². The number of hydrogen-bond acceptors (Lipinski definition) is 2. The van der Waals surface area contributed by atoms with Crippen molar-refractivity contribution in [2.75, 3.05) is 6.54 Å². The molecule has 78 valence electrons. The molecule has 1 aromatic rings. The van der Waals surface area contributed by atoms with E-state index in [1.807, 2.05) is 0 Å². The fourth-order valence-corrected chi connectivity index (χ4v) is 2.06. The predicted molar refractivity (Wildman–Crippen MR) is 57.3 cm³/mol. The Morgan fingerprint density at radius 2 is 2.43 bits per heavy atom. The molecule has 3 nitrogen and oxygen atoms in total. The molecule has 0 saturated heterocycles. The number of hydrogen-bond donors (Lipinski definition) is 1. The second-order valence-electron chi connectivity index (χ2n) is 3.91. The molecule has 0 spiro atoms. The van der Waals surface area contributed by atoms with E-state index in [1.165, 1.54) is 17.9 Å². The molecular weight excluding hydrogens is 174 g/mol. The molecule has 1 atom stereocenters. The lowest BCUT2D eigenvalue weighted by Crippen LogP contribution is -2.21. The molecule has 0 fully saturated rings. The van der Waals surface area contributed by atoms with Crippen LogP contribution in [0.4, 0.5) is 0 Å². The van der Waals surface area contributed by atoms with Gasteiger partial charge in [-0.25, -0.2) is 4.98 Å². The molecule has 2 rings (SSSR count). The molecule has 0 radical (unpaired) electrons. The number of fused-ring (bicyclic) bond motifs is 1. The molecule has 0 unspecified atom stereocenters. The number of nitrogens with zero attached hydrogens (tertiary/aromatic N) is 2. The summed E-state index contributed by atoms with van der Waals surface area (Å²) in [7, 11) is 0. The summed E-state index contributed by atoms with van der Waals surface area (Å²) >= 11 is 0. The topological polar surface area (TPSA) is 29.9 Å². The molecule has 2 heterocycles. The van der Waals surface area contributed by atoms with Crippen LogP contribution in [-0.4, -0.2) is 16.1 Å². The van der Waals surface area contributed by atoms with Crippen LogP contribution in [0.5, 0.6) is 0 Å². The number of imidazole rings is 1. The van der Waals surface area contributed by atoms with Crippen molar-refractivity contribution < 1.29 is 0 Å². The van der Waals surface area contributed by atoms with E-state index in [-0.39, 0.29) is 0 Å². The van der Waals surface area contributed by atoms with Gasteiger partial charge in [-0.1, -0.05) is 13.8 Å². The smallest absolute Gasteiger partial charge is 0.126 e. The third-order valence-electron chi connectivity index (χ3n) is 2.91. The van der Waals surface area contributed by atoms with Crippen LogP contribution < -0.4 is 5.32 Å². The Morgan fingerprint density at radius 1 is 1.57 bits per heavy atom. The van der Waals surface area contributed by atoms with Gasteiger partial charge in [0.25, 0.3) is 0 Å². The minimum Gasteiger partial charge on any atom is -0.333 e. The molecule has 0 aromatic carbocycles. The molecular formula is C11H19N3. The molecule has 1 aliphatic rings. The highest BCUT2D eigenvalue weighted by atomic mass is 15.1. The molecule has 3 heteroatoms. The van der Waals surface area contributed by atoms with Gasteiger partial charge in [-0.3, -0.25) is 0 Å². The molecule has 0 saturated carbocycles. The summed E-state index contributed by atoms with van der Waals surface area (Å²) in [5, 5.41) is 3.54. The number of nitrogens with one attached hydrogen (secondary N) is 1. The molecule has 1 N–H and O–H groups in total. The third kappa shape index (κ3) is 1.69. The Kier molecular flexibility index (Phi) is 2.87. The van der Waals surface area contributed by atoms with E-state index in [0.29, 0.717) is 6.04 Å². The Bertz CT molecular complexity index is 303. The van der Waals surface area contributed by atoms with Gasteiger partial charge in [0.2, 0.25) is 0 Å². The second kappa shape index (κ2) is 4.13. The Labute approximate surface area is 85.5 Å². The van der Waals surface area contributed by atoms with Crippen molar-refractivity contribution in [3.05, 3.63) is 17.7 Å². The maximum absolute atomic E-state index is 4.68. The summed E-state index contributed by atoms with van der Waals surface area (Å²) in [4.78, 5) is 4.68.